The number of carbonyl (C=O) groups is 1. The molecule has 23 heavy (non-hydrogen) atoms. The van der Waals surface area contributed by atoms with E-state index < -0.39 is 0 Å². The minimum atomic E-state index is -0.318. The van der Waals surface area contributed by atoms with Crippen LogP contribution in [0.25, 0.3) is 0 Å². The van der Waals surface area contributed by atoms with E-state index in [0.29, 0.717) is 24.4 Å². The third-order valence-corrected chi connectivity index (χ3v) is 3.89. The van der Waals surface area contributed by atoms with Crippen LogP contribution in [0.4, 0.5) is 0 Å². The third-order valence-electron chi connectivity index (χ3n) is 3.53. The minimum Gasteiger partial charge on any atom is -0.462 e. The van der Waals surface area contributed by atoms with E-state index in [1.807, 2.05) is 20.8 Å². The summed E-state index contributed by atoms with van der Waals surface area (Å²) in [5.41, 5.74) is 1.05. The first-order chi connectivity index (χ1) is 10.9. The highest BCUT2D eigenvalue weighted by atomic mass is 35.5. The lowest BCUT2D eigenvalue weighted by Crippen LogP contribution is -2.55. The number of nitrogens with zero attached hydrogens (tertiary/aromatic N) is 1. The normalized spacial score (nSPS) is 22.0. The maximum atomic E-state index is 9.60. The standard InChI is InChI=1S/C13H19ClN2.C5H10O2/c1-11-9-16(13(7-14)8-15-11)10-12-5-3-2-4-6-12;1-5(2,3)7-4-6/h2-6,11,13,15H,7-10H2,1H3;4H,1-3H3/t11-,13+;/m1./s1. The van der Waals surface area contributed by atoms with Gasteiger partial charge in [0.1, 0.15) is 5.60 Å². The fourth-order valence-corrected chi connectivity index (χ4v) is 2.64. The van der Waals surface area contributed by atoms with Crippen LogP contribution in [0.3, 0.4) is 0 Å². The molecule has 0 aromatic heterocycles. The van der Waals surface area contributed by atoms with Crippen LogP contribution in [0.5, 0.6) is 0 Å². The molecule has 1 aliphatic heterocycles. The molecule has 1 saturated heterocycles. The summed E-state index contributed by atoms with van der Waals surface area (Å²) in [7, 11) is 0. The average molecular weight is 341 g/mol. The molecule has 0 radical (unpaired) electrons. The number of benzene rings is 1. The monoisotopic (exact) mass is 340 g/mol. The highest BCUT2D eigenvalue weighted by Gasteiger charge is 2.24. The number of piperazine rings is 1. The Hall–Kier alpha value is -1.10. The van der Waals surface area contributed by atoms with Gasteiger partial charge >= 0.3 is 0 Å². The minimum absolute atomic E-state index is 0.318. The Kier molecular flexibility index (Phi) is 8.59. The quantitative estimate of drug-likeness (QED) is 0.675. The van der Waals surface area contributed by atoms with E-state index in [1.54, 1.807) is 0 Å². The van der Waals surface area contributed by atoms with Crippen LogP contribution in [0, 0.1) is 0 Å². The molecule has 0 saturated carbocycles. The van der Waals surface area contributed by atoms with Crippen molar-refractivity contribution in [3.63, 3.8) is 0 Å². The number of alkyl halides is 1. The van der Waals surface area contributed by atoms with Crippen LogP contribution < -0.4 is 5.32 Å². The largest absolute Gasteiger partial charge is 0.462 e. The van der Waals surface area contributed by atoms with Gasteiger partial charge in [-0.3, -0.25) is 9.69 Å². The summed E-state index contributed by atoms with van der Waals surface area (Å²) >= 11 is 6.01. The van der Waals surface area contributed by atoms with E-state index in [1.165, 1.54) is 5.56 Å². The summed E-state index contributed by atoms with van der Waals surface area (Å²) in [6, 6.07) is 11.6. The molecule has 0 amide bonds. The van der Waals surface area contributed by atoms with Gasteiger partial charge in [0.2, 0.25) is 0 Å². The van der Waals surface area contributed by atoms with Gasteiger partial charge in [-0.1, -0.05) is 30.3 Å². The molecule has 0 unspecified atom stereocenters. The van der Waals surface area contributed by atoms with Crippen molar-refractivity contribution in [2.75, 3.05) is 19.0 Å². The molecule has 2 rings (SSSR count). The lowest BCUT2D eigenvalue weighted by Gasteiger charge is -2.38. The molecule has 4 nitrogen and oxygen atoms in total. The molecule has 1 N–H and O–H groups in total. The lowest BCUT2D eigenvalue weighted by molar-refractivity contribution is -0.138. The average Bonchev–Trinajstić information content (AvgIpc) is 2.48. The zero-order valence-electron chi connectivity index (χ0n) is 14.6. The Morgan fingerprint density at radius 1 is 1.35 bits per heavy atom. The van der Waals surface area contributed by atoms with Gasteiger partial charge < -0.3 is 10.1 Å². The fraction of sp³-hybridized carbons (Fsp3) is 0.611. The number of ether oxygens (including phenoxy) is 1. The summed E-state index contributed by atoms with van der Waals surface area (Å²) < 4.78 is 4.55. The van der Waals surface area contributed by atoms with Crippen LogP contribution in [0.1, 0.15) is 33.3 Å². The smallest absolute Gasteiger partial charge is 0.293 e. The van der Waals surface area contributed by atoms with Gasteiger partial charge in [0.05, 0.1) is 0 Å². The molecule has 0 bridgehead atoms. The van der Waals surface area contributed by atoms with Crippen molar-refractivity contribution >= 4 is 18.1 Å². The number of halogens is 1. The van der Waals surface area contributed by atoms with E-state index >= 15 is 0 Å². The number of rotatable bonds is 4. The fourth-order valence-electron chi connectivity index (χ4n) is 2.34. The molecule has 0 spiro atoms. The first-order valence-electron chi connectivity index (χ1n) is 8.04. The summed E-state index contributed by atoms with van der Waals surface area (Å²) in [5, 5.41) is 3.47. The van der Waals surface area contributed by atoms with Crippen LogP contribution in [0.2, 0.25) is 0 Å². The third kappa shape index (κ3) is 8.35. The van der Waals surface area contributed by atoms with Crippen molar-refractivity contribution in [2.24, 2.45) is 0 Å². The van der Waals surface area contributed by atoms with Crippen molar-refractivity contribution < 1.29 is 9.53 Å². The van der Waals surface area contributed by atoms with Gasteiger partial charge in [-0.05, 0) is 33.3 Å². The van der Waals surface area contributed by atoms with E-state index in [-0.39, 0.29) is 5.60 Å². The highest BCUT2D eigenvalue weighted by molar-refractivity contribution is 6.18. The summed E-state index contributed by atoms with van der Waals surface area (Å²) in [6.45, 7) is 11.2. The van der Waals surface area contributed by atoms with Crippen LogP contribution in [-0.2, 0) is 16.1 Å². The molecule has 1 aliphatic rings. The van der Waals surface area contributed by atoms with Crippen molar-refractivity contribution in [1.29, 1.82) is 0 Å². The molecule has 5 heteroatoms. The van der Waals surface area contributed by atoms with Crippen molar-refractivity contribution in [3.8, 4) is 0 Å². The molecular weight excluding hydrogens is 312 g/mol. The number of carbonyl (C=O) groups excluding carboxylic acids is 1. The molecule has 1 aromatic carbocycles. The number of hydrogen-bond donors (Lipinski definition) is 1. The van der Waals surface area contributed by atoms with Crippen molar-refractivity contribution in [1.82, 2.24) is 10.2 Å². The predicted octanol–water partition coefficient (Wildman–Crippen LogP) is 3.05. The summed E-state index contributed by atoms with van der Waals surface area (Å²) in [4.78, 5) is 12.1. The zero-order chi connectivity index (χ0) is 17.3. The predicted molar refractivity (Wildman–Crippen MR) is 95.7 cm³/mol. The van der Waals surface area contributed by atoms with Gasteiger partial charge in [0.15, 0.2) is 0 Å². The second-order valence-corrected chi connectivity index (χ2v) is 7.17. The van der Waals surface area contributed by atoms with Crippen LogP contribution in [-0.4, -0.2) is 48.0 Å². The van der Waals surface area contributed by atoms with Gasteiger partial charge in [-0.25, -0.2) is 0 Å². The SMILES string of the molecule is CC(C)(C)OC=O.C[C@@H]1CN(Cc2ccccc2)[C@@H](CCl)CN1. The number of hydrogen-bond acceptors (Lipinski definition) is 4. The van der Waals surface area contributed by atoms with Gasteiger partial charge in [-0.15, -0.1) is 11.6 Å². The molecule has 130 valence electrons. The van der Waals surface area contributed by atoms with Gasteiger partial charge in [0, 0.05) is 37.6 Å². The zero-order valence-corrected chi connectivity index (χ0v) is 15.3. The molecule has 2 atom stereocenters. The topological polar surface area (TPSA) is 41.6 Å². The van der Waals surface area contributed by atoms with Crippen LogP contribution >= 0.6 is 11.6 Å². The van der Waals surface area contributed by atoms with Crippen LogP contribution in [0.15, 0.2) is 30.3 Å². The van der Waals surface area contributed by atoms with Crippen molar-refractivity contribution in [3.05, 3.63) is 35.9 Å². The van der Waals surface area contributed by atoms with E-state index in [4.69, 9.17) is 11.6 Å². The van der Waals surface area contributed by atoms with Gasteiger partial charge in [-0.2, -0.15) is 0 Å². The Morgan fingerprint density at radius 3 is 2.48 bits per heavy atom. The molecule has 0 aliphatic carbocycles. The van der Waals surface area contributed by atoms with Crippen molar-refractivity contribution in [2.45, 2.75) is 51.9 Å². The first kappa shape index (κ1) is 19.9. The Morgan fingerprint density at radius 2 is 2.00 bits per heavy atom. The first-order valence-corrected chi connectivity index (χ1v) is 8.58. The summed E-state index contributed by atoms with van der Waals surface area (Å²) in [5.74, 6) is 0.701. The Bertz CT molecular complexity index is 448. The highest BCUT2D eigenvalue weighted by Crippen LogP contribution is 2.13. The van der Waals surface area contributed by atoms with E-state index in [0.717, 1.165) is 19.6 Å². The molecule has 1 aromatic rings. The number of nitrogens with one attached hydrogen (secondary N) is 1. The lowest BCUT2D eigenvalue weighted by atomic mass is 10.1. The van der Waals surface area contributed by atoms with Gasteiger partial charge in [0.25, 0.3) is 6.47 Å². The second-order valence-electron chi connectivity index (χ2n) is 6.86. The Balaban J connectivity index is 0.000000322. The second kappa shape index (κ2) is 9.91. The van der Waals surface area contributed by atoms with E-state index in [9.17, 15) is 4.79 Å². The Labute approximate surface area is 145 Å². The molecule has 1 heterocycles. The van der Waals surface area contributed by atoms with E-state index in [2.05, 4.69) is 52.2 Å². The maximum Gasteiger partial charge on any atom is 0.293 e. The summed E-state index contributed by atoms with van der Waals surface area (Å²) in [6.07, 6.45) is 0. The molecule has 1 fully saturated rings. The maximum absolute atomic E-state index is 9.60. The molecular formula is C18H29ClN2O2.